The van der Waals surface area contributed by atoms with Gasteiger partial charge in [-0.15, -0.1) is 0 Å². The van der Waals surface area contributed by atoms with Crippen molar-refractivity contribution in [2.75, 3.05) is 31.8 Å². The number of morpholine rings is 1. The maximum Gasteiger partial charge on any atom is 0.241 e. The molecular formula is C16H22N2O4. The number of carbonyl (C=O) groups is 1. The zero-order chi connectivity index (χ0) is 15.7. The van der Waals surface area contributed by atoms with Crippen LogP contribution < -0.4 is 14.8 Å². The van der Waals surface area contributed by atoms with Crippen LogP contribution >= 0.6 is 0 Å². The number of hydrogen-bond donors (Lipinski definition) is 1. The fourth-order valence-corrected chi connectivity index (χ4v) is 2.77. The summed E-state index contributed by atoms with van der Waals surface area (Å²) in [5.41, 5.74) is 0.500. The SMILES string of the molecule is CC(C(=O)Nc1ccc2c(c1)OCO2)N1CCOC(C)(C)C1. The van der Waals surface area contributed by atoms with Gasteiger partial charge in [0.2, 0.25) is 12.7 Å². The molecule has 2 aliphatic rings. The van der Waals surface area contributed by atoms with Crippen LogP contribution in [0.4, 0.5) is 5.69 Å². The largest absolute Gasteiger partial charge is 0.454 e. The molecule has 1 atom stereocenters. The molecule has 6 nitrogen and oxygen atoms in total. The Hall–Kier alpha value is -1.79. The molecule has 1 aromatic rings. The van der Waals surface area contributed by atoms with Gasteiger partial charge < -0.3 is 19.5 Å². The molecule has 0 aromatic heterocycles. The summed E-state index contributed by atoms with van der Waals surface area (Å²) in [4.78, 5) is 14.6. The minimum absolute atomic E-state index is 0.0310. The Morgan fingerprint density at radius 3 is 2.86 bits per heavy atom. The molecule has 2 aliphatic heterocycles. The summed E-state index contributed by atoms with van der Waals surface area (Å²) in [6.07, 6.45) is 0. The Bertz CT molecular complexity index is 573. The van der Waals surface area contributed by atoms with E-state index in [0.29, 0.717) is 23.8 Å². The van der Waals surface area contributed by atoms with Crippen molar-refractivity contribution in [3.05, 3.63) is 18.2 Å². The lowest BCUT2D eigenvalue weighted by Gasteiger charge is -2.40. The molecule has 22 heavy (non-hydrogen) atoms. The van der Waals surface area contributed by atoms with Gasteiger partial charge in [-0.3, -0.25) is 9.69 Å². The molecule has 120 valence electrons. The number of rotatable bonds is 3. The zero-order valence-electron chi connectivity index (χ0n) is 13.2. The van der Waals surface area contributed by atoms with Crippen LogP contribution in [0.2, 0.25) is 0 Å². The minimum Gasteiger partial charge on any atom is -0.454 e. The molecule has 1 fully saturated rings. The molecule has 0 bridgehead atoms. The molecule has 1 unspecified atom stereocenters. The number of nitrogens with one attached hydrogen (secondary N) is 1. The summed E-state index contributed by atoms with van der Waals surface area (Å²) in [5.74, 6) is 1.34. The third-order valence-electron chi connectivity index (χ3n) is 4.02. The smallest absolute Gasteiger partial charge is 0.241 e. The molecule has 1 N–H and O–H groups in total. The molecule has 0 aliphatic carbocycles. The quantitative estimate of drug-likeness (QED) is 0.923. The number of anilines is 1. The van der Waals surface area contributed by atoms with Gasteiger partial charge in [-0.1, -0.05) is 0 Å². The van der Waals surface area contributed by atoms with Crippen LogP contribution in [-0.2, 0) is 9.53 Å². The fourth-order valence-electron chi connectivity index (χ4n) is 2.77. The van der Waals surface area contributed by atoms with Crippen molar-refractivity contribution in [1.82, 2.24) is 4.90 Å². The minimum atomic E-state index is -0.217. The summed E-state index contributed by atoms with van der Waals surface area (Å²) in [5, 5.41) is 2.94. The van der Waals surface area contributed by atoms with Crippen molar-refractivity contribution in [3.63, 3.8) is 0 Å². The van der Waals surface area contributed by atoms with Crippen molar-refractivity contribution < 1.29 is 19.0 Å². The van der Waals surface area contributed by atoms with Gasteiger partial charge >= 0.3 is 0 Å². The molecule has 1 saturated heterocycles. The molecule has 0 spiro atoms. The van der Waals surface area contributed by atoms with Crippen LogP contribution in [0, 0.1) is 0 Å². The molecule has 2 heterocycles. The molecular weight excluding hydrogens is 284 g/mol. The summed E-state index contributed by atoms with van der Waals surface area (Å²) in [7, 11) is 0. The van der Waals surface area contributed by atoms with Crippen LogP contribution in [0.15, 0.2) is 18.2 Å². The number of ether oxygens (including phenoxy) is 3. The van der Waals surface area contributed by atoms with Crippen LogP contribution in [0.25, 0.3) is 0 Å². The first-order chi connectivity index (χ1) is 10.4. The lowest BCUT2D eigenvalue weighted by atomic mass is 10.1. The van der Waals surface area contributed by atoms with Crippen LogP contribution in [0.3, 0.4) is 0 Å². The Morgan fingerprint density at radius 2 is 2.09 bits per heavy atom. The lowest BCUT2D eigenvalue weighted by molar-refractivity contribution is -0.129. The average molecular weight is 306 g/mol. The normalized spacial score (nSPS) is 21.4. The van der Waals surface area contributed by atoms with E-state index in [2.05, 4.69) is 10.2 Å². The van der Waals surface area contributed by atoms with Gasteiger partial charge in [0.1, 0.15) is 0 Å². The van der Waals surface area contributed by atoms with Crippen LogP contribution in [-0.4, -0.2) is 48.9 Å². The fraction of sp³-hybridized carbons (Fsp3) is 0.562. The van der Waals surface area contributed by atoms with Crippen molar-refractivity contribution in [3.8, 4) is 11.5 Å². The summed E-state index contributed by atoms with van der Waals surface area (Å²) >= 11 is 0. The van der Waals surface area contributed by atoms with E-state index in [9.17, 15) is 4.79 Å². The third kappa shape index (κ3) is 3.18. The van der Waals surface area contributed by atoms with Crippen molar-refractivity contribution in [2.24, 2.45) is 0 Å². The van der Waals surface area contributed by atoms with E-state index in [1.165, 1.54) is 0 Å². The maximum atomic E-state index is 12.5. The van der Waals surface area contributed by atoms with E-state index >= 15 is 0 Å². The highest BCUT2D eigenvalue weighted by molar-refractivity contribution is 5.94. The first-order valence-electron chi connectivity index (χ1n) is 7.53. The molecule has 0 radical (unpaired) electrons. The Morgan fingerprint density at radius 1 is 1.32 bits per heavy atom. The predicted molar refractivity (Wildman–Crippen MR) is 82.3 cm³/mol. The van der Waals surface area contributed by atoms with E-state index in [0.717, 1.165) is 13.1 Å². The van der Waals surface area contributed by atoms with Crippen molar-refractivity contribution in [1.29, 1.82) is 0 Å². The van der Waals surface area contributed by atoms with Gasteiger partial charge in [-0.2, -0.15) is 0 Å². The number of fused-ring (bicyclic) bond motifs is 1. The van der Waals surface area contributed by atoms with Gasteiger partial charge in [0.25, 0.3) is 0 Å². The highest BCUT2D eigenvalue weighted by Crippen LogP contribution is 2.34. The Balaban J connectivity index is 1.64. The molecule has 6 heteroatoms. The number of amides is 1. The van der Waals surface area contributed by atoms with Crippen molar-refractivity contribution >= 4 is 11.6 Å². The zero-order valence-corrected chi connectivity index (χ0v) is 13.2. The second-order valence-electron chi connectivity index (χ2n) is 6.31. The lowest BCUT2D eigenvalue weighted by Crippen LogP contribution is -2.54. The second-order valence-corrected chi connectivity index (χ2v) is 6.31. The van der Waals surface area contributed by atoms with E-state index in [4.69, 9.17) is 14.2 Å². The molecule has 1 amide bonds. The summed E-state index contributed by atoms with van der Waals surface area (Å²) < 4.78 is 16.3. The first kappa shape index (κ1) is 15.1. The topological polar surface area (TPSA) is 60.0 Å². The summed E-state index contributed by atoms with van der Waals surface area (Å²) in [6, 6.07) is 5.20. The van der Waals surface area contributed by atoms with Crippen LogP contribution in [0.1, 0.15) is 20.8 Å². The second kappa shape index (κ2) is 5.78. The van der Waals surface area contributed by atoms with Gasteiger partial charge in [0.15, 0.2) is 11.5 Å². The van der Waals surface area contributed by atoms with Crippen LogP contribution in [0.5, 0.6) is 11.5 Å². The van der Waals surface area contributed by atoms with Gasteiger partial charge in [0.05, 0.1) is 18.2 Å². The van der Waals surface area contributed by atoms with E-state index < -0.39 is 0 Å². The van der Waals surface area contributed by atoms with E-state index in [1.54, 1.807) is 12.1 Å². The standard InChI is InChI=1S/C16H22N2O4/c1-11(18-6-7-22-16(2,3)9-18)15(19)17-12-4-5-13-14(8-12)21-10-20-13/h4-5,8,11H,6-7,9-10H2,1-3H3,(H,17,19). The van der Waals surface area contributed by atoms with Crippen molar-refractivity contribution in [2.45, 2.75) is 32.4 Å². The number of hydrogen-bond acceptors (Lipinski definition) is 5. The molecule has 1 aromatic carbocycles. The van der Waals surface area contributed by atoms with Gasteiger partial charge in [-0.25, -0.2) is 0 Å². The maximum absolute atomic E-state index is 12.5. The Kier molecular flexibility index (Phi) is 3.97. The highest BCUT2D eigenvalue weighted by atomic mass is 16.7. The first-order valence-corrected chi connectivity index (χ1v) is 7.53. The summed E-state index contributed by atoms with van der Waals surface area (Å²) in [6.45, 7) is 8.38. The number of carbonyl (C=O) groups excluding carboxylic acids is 1. The average Bonchev–Trinajstić information content (AvgIpc) is 2.93. The van der Waals surface area contributed by atoms with E-state index in [1.807, 2.05) is 26.8 Å². The van der Waals surface area contributed by atoms with Gasteiger partial charge in [0, 0.05) is 24.8 Å². The molecule has 3 rings (SSSR count). The number of nitrogens with zero attached hydrogens (tertiary/aromatic N) is 1. The van der Waals surface area contributed by atoms with E-state index in [-0.39, 0.29) is 24.3 Å². The Labute approximate surface area is 130 Å². The van der Waals surface area contributed by atoms with Gasteiger partial charge in [-0.05, 0) is 32.9 Å². The monoisotopic (exact) mass is 306 g/mol. The highest BCUT2D eigenvalue weighted by Gasteiger charge is 2.32. The molecule has 0 saturated carbocycles. The third-order valence-corrected chi connectivity index (χ3v) is 4.02. The predicted octanol–water partition coefficient (Wildman–Crippen LogP) is 1.85. The number of benzene rings is 1.